The number of carbonyl (C=O) groups is 1. The quantitative estimate of drug-likeness (QED) is 0.807. The van der Waals surface area contributed by atoms with Crippen molar-refractivity contribution in [3.8, 4) is 0 Å². The zero-order chi connectivity index (χ0) is 14.5. The Hall–Kier alpha value is -1.33. The van der Waals surface area contributed by atoms with Crippen LogP contribution in [-0.2, 0) is 11.3 Å². The molecule has 0 radical (unpaired) electrons. The molecule has 112 valence electrons. The topological polar surface area (TPSA) is 54.7 Å². The molecular weight excluding hydrogens is 256 g/mol. The van der Waals surface area contributed by atoms with Crippen LogP contribution in [0.25, 0.3) is 0 Å². The fourth-order valence-corrected chi connectivity index (χ4v) is 2.76. The number of carbonyl (C=O) groups excluding carboxylic acids is 1. The Balaban J connectivity index is 2.08. The lowest BCUT2D eigenvalue weighted by molar-refractivity contribution is 0.0599. The molecule has 0 saturated carbocycles. The Morgan fingerprint density at radius 3 is 3.00 bits per heavy atom. The predicted octanol–water partition coefficient (Wildman–Crippen LogP) is 1.95. The van der Waals surface area contributed by atoms with Gasteiger partial charge in [0, 0.05) is 12.6 Å². The maximum atomic E-state index is 11.6. The maximum Gasteiger partial charge on any atom is 0.341 e. The molecule has 2 rings (SSSR count). The summed E-state index contributed by atoms with van der Waals surface area (Å²) in [4.78, 5) is 14.0. The zero-order valence-corrected chi connectivity index (χ0v) is 12.6. The van der Waals surface area contributed by atoms with E-state index in [4.69, 9.17) is 9.15 Å². The highest BCUT2D eigenvalue weighted by atomic mass is 16.5. The first-order valence-corrected chi connectivity index (χ1v) is 7.28. The highest BCUT2D eigenvalue weighted by molar-refractivity contribution is 5.90. The van der Waals surface area contributed by atoms with Crippen molar-refractivity contribution in [1.29, 1.82) is 0 Å². The van der Waals surface area contributed by atoms with Gasteiger partial charge in [0.05, 0.1) is 13.7 Å². The van der Waals surface area contributed by atoms with Gasteiger partial charge >= 0.3 is 5.97 Å². The summed E-state index contributed by atoms with van der Waals surface area (Å²) in [7, 11) is 1.39. The third kappa shape index (κ3) is 3.41. The van der Waals surface area contributed by atoms with Crippen molar-refractivity contribution >= 4 is 5.97 Å². The number of furan rings is 1. The maximum absolute atomic E-state index is 11.6. The second-order valence-corrected chi connectivity index (χ2v) is 5.29. The van der Waals surface area contributed by atoms with E-state index in [1.54, 1.807) is 6.92 Å². The fraction of sp³-hybridized carbons (Fsp3) is 0.667. The molecule has 1 aliphatic rings. The predicted molar refractivity (Wildman–Crippen MR) is 76.8 cm³/mol. The van der Waals surface area contributed by atoms with Gasteiger partial charge in [-0.15, -0.1) is 0 Å². The van der Waals surface area contributed by atoms with Crippen LogP contribution in [0.4, 0.5) is 0 Å². The van der Waals surface area contributed by atoms with Crippen LogP contribution >= 0.6 is 0 Å². The normalized spacial score (nSPS) is 18.7. The monoisotopic (exact) mass is 280 g/mol. The number of nitrogens with zero attached hydrogens (tertiary/aromatic N) is 1. The molecule has 5 nitrogen and oxygen atoms in total. The van der Waals surface area contributed by atoms with Crippen molar-refractivity contribution in [1.82, 2.24) is 10.2 Å². The average molecular weight is 280 g/mol. The van der Waals surface area contributed by atoms with Gasteiger partial charge in [0.2, 0.25) is 0 Å². The van der Waals surface area contributed by atoms with E-state index in [0.29, 0.717) is 17.4 Å². The van der Waals surface area contributed by atoms with E-state index in [2.05, 4.69) is 17.1 Å². The van der Waals surface area contributed by atoms with E-state index >= 15 is 0 Å². The number of rotatable bonds is 6. The molecule has 1 unspecified atom stereocenters. The Kier molecular flexibility index (Phi) is 5.20. The first-order valence-electron chi connectivity index (χ1n) is 7.28. The molecule has 1 saturated heterocycles. The molecule has 1 fully saturated rings. The van der Waals surface area contributed by atoms with Gasteiger partial charge in [-0.1, -0.05) is 6.92 Å². The third-order valence-electron chi connectivity index (χ3n) is 3.79. The number of aryl methyl sites for hydroxylation is 1. The van der Waals surface area contributed by atoms with Crippen LogP contribution in [0.1, 0.15) is 41.6 Å². The molecule has 5 heteroatoms. The molecule has 0 amide bonds. The standard InChI is InChI=1S/C15H24N2O3/c1-4-7-17(12-5-6-16-9-12)10-13-8-14(11(2)20-13)15(18)19-3/h8,12,16H,4-7,9-10H2,1-3H3. The lowest BCUT2D eigenvalue weighted by atomic mass is 10.2. The molecule has 1 aromatic rings. The van der Waals surface area contributed by atoms with Crippen LogP contribution in [0.3, 0.4) is 0 Å². The van der Waals surface area contributed by atoms with Crippen LogP contribution in [0, 0.1) is 6.92 Å². The first-order chi connectivity index (χ1) is 9.65. The molecule has 20 heavy (non-hydrogen) atoms. The van der Waals surface area contributed by atoms with Gasteiger partial charge in [-0.3, -0.25) is 4.90 Å². The summed E-state index contributed by atoms with van der Waals surface area (Å²) in [6.07, 6.45) is 2.28. The molecule has 1 N–H and O–H groups in total. The zero-order valence-electron chi connectivity index (χ0n) is 12.6. The lowest BCUT2D eigenvalue weighted by Gasteiger charge is -2.26. The van der Waals surface area contributed by atoms with E-state index in [1.807, 2.05) is 6.07 Å². The smallest absolute Gasteiger partial charge is 0.341 e. The summed E-state index contributed by atoms with van der Waals surface area (Å²) < 4.78 is 10.5. The van der Waals surface area contributed by atoms with Crippen molar-refractivity contribution in [2.75, 3.05) is 26.7 Å². The van der Waals surface area contributed by atoms with Crippen LogP contribution in [0.2, 0.25) is 0 Å². The van der Waals surface area contributed by atoms with Crippen LogP contribution in [0.15, 0.2) is 10.5 Å². The fourth-order valence-electron chi connectivity index (χ4n) is 2.76. The van der Waals surface area contributed by atoms with Crippen LogP contribution in [-0.4, -0.2) is 43.7 Å². The third-order valence-corrected chi connectivity index (χ3v) is 3.79. The largest absolute Gasteiger partial charge is 0.465 e. The van der Waals surface area contributed by atoms with Gasteiger partial charge in [0.25, 0.3) is 0 Å². The molecule has 1 aliphatic heterocycles. The second-order valence-electron chi connectivity index (χ2n) is 5.29. The van der Waals surface area contributed by atoms with Crippen molar-refractivity contribution < 1.29 is 13.9 Å². The minimum atomic E-state index is -0.331. The molecule has 1 aromatic heterocycles. The number of esters is 1. The molecule has 0 spiro atoms. The van der Waals surface area contributed by atoms with Crippen molar-refractivity contribution in [3.63, 3.8) is 0 Å². The van der Waals surface area contributed by atoms with Crippen molar-refractivity contribution in [3.05, 3.63) is 23.2 Å². The number of methoxy groups -OCH3 is 1. The first kappa shape index (κ1) is 15.1. The minimum absolute atomic E-state index is 0.331. The Bertz CT molecular complexity index is 450. The Morgan fingerprint density at radius 1 is 1.60 bits per heavy atom. The molecule has 0 aromatic carbocycles. The van der Waals surface area contributed by atoms with Crippen molar-refractivity contribution in [2.45, 2.75) is 39.3 Å². The SMILES string of the molecule is CCCN(Cc1cc(C(=O)OC)c(C)o1)C1CCNC1. The van der Waals surface area contributed by atoms with Gasteiger partial charge in [0.15, 0.2) is 0 Å². The summed E-state index contributed by atoms with van der Waals surface area (Å²) in [6, 6.07) is 2.37. The number of hydrogen-bond acceptors (Lipinski definition) is 5. The Morgan fingerprint density at radius 2 is 2.40 bits per heavy atom. The summed E-state index contributed by atoms with van der Waals surface area (Å²) in [5, 5.41) is 3.39. The molecular formula is C15H24N2O3. The lowest BCUT2D eigenvalue weighted by Crippen LogP contribution is -2.36. The van der Waals surface area contributed by atoms with Gasteiger partial charge in [0.1, 0.15) is 17.1 Å². The summed E-state index contributed by atoms with van der Waals surface area (Å²) >= 11 is 0. The molecule has 0 aliphatic carbocycles. The number of ether oxygens (including phenoxy) is 1. The second kappa shape index (κ2) is 6.90. The van der Waals surface area contributed by atoms with Gasteiger partial charge in [-0.05, 0) is 38.9 Å². The van der Waals surface area contributed by atoms with E-state index in [0.717, 1.165) is 38.4 Å². The summed E-state index contributed by atoms with van der Waals surface area (Å²) in [5.74, 6) is 1.14. The van der Waals surface area contributed by atoms with Crippen molar-refractivity contribution in [2.24, 2.45) is 0 Å². The van der Waals surface area contributed by atoms with E-state index in [-0.39, 0.29) is 5.97 Å². The summed E-state index contributed by atoms with van der Waals surface area (Å²) in [6.45, 7) is 7.89. The molecule has 2 heterocycles. The van der Waals surface area contributed by atoms with Crippen LogP contribution < -0.4 is 5.32 Å². The highest BCUT2D eigenvalue weighted by Gasteiger charge is 2.24. The van der Waals surface area contributed by atoms with Gasteiger partial charge < -0.3 is 14.5 Å². The van der Waals surface area contributed by atoms with Gasteiger partial charge in [-0.2, -0.15) is 0 Å². The van der Waals surface area contributed by atoms with E-state index < -0.39 is 0 Å². The van der Waals surface area contributed by atoms with Gasteiger partial charge in [-0.25, -0.2) is 4.79 Å². The summed E-state index contributed by atoms with van der Waals surface area (Å²) in [5.41, 5.74) is 0.531. The highest BCUT2D eigenvalue weighted by Crippen LogP contribution is 2.20. The molecule has 1 atom stereocenters. The Labute approximate surface area is 120 Å². The molecule has 0 bridgehead atoms. The average Bonchev–Trinajstić information content (AvgIpc) is 3.07. The van der Waals surface area contributed by atoms with E-state index in [1.165, 1.54) is 13.5 Å². The minimum Gasteiger partial charge on any atom is -0.465 e. The number of hydrogen-bond donors (Lipinski definition) is 1. The van der Waals surface area contributed by atoms with Crippen LogP contribution in [0.5, 0.6) is 0 Å². The number of nitrogens with one attached hydrogen (secondary N) is 1. The van der Waals surface area contributed by atoms with E-state index in [9.17, 15) is 4.79 Å².